The van der Waals surface area contributed by atoms with E-state index in [1.807, 2.05) is 0 Å². The summed E-state index contributed by atoms with van der Waals surface area (Å²) < 4.78 is 5.10. The topological polar surface area (TPSA) is 6.48 Å². The molecule has 1 fully saturated rings. The number of unbranched alkanes of at least 4 members (excludes halogenated alkanes) is 1. The van der Waals surface area contributed by atoms with Gasteiger partial charge in [-0.15, -0.1) is 0 Å². The number of hydrogen-bond acceptors (Lipinski definition) is 1. The summed E-state index contributed by atoms with van der Waals surface area (Å²) in [5.41, 5.74) is 4.12. The van der Waals surface area contributed by atoms with Crippen molar-refractivity contribution in [2.24, 2.45) is 0 Å². The first-order valence-corrected chi connectivity index (χ1v) is 13.3. The monoisotopic (exact) mass is 412 g/mol. The maximum atomic E-state index is 6.69. The number of allylic oxidation sites excluding steroid dienone is 2. The van der Waals surface area contributed by atoms with E-state index >= 15 is 0 Å². The maximum absolute atomic E-state index is 6.69. The molecule has 0 saturated carbocycles. The van der Waals surface area contributed by atoms with Crippen LogP contribution in [0.1, 0.15) is 52.9 Å². The second-order valence-corrected chi connectivity index (χ2v) is 11.4. The van der Waals surface area contributed by atoms with Crippen molar-refractivity contribution in [2.75, 3.05) is 22.4 Å². The second-order valence-electron chi connectivity index (χ2n) is 7.32. The minimum absolute atomic E-state index is 0.991. The Balaban J connectivity index is 2.16. The van der Waals surface area contributed by atoms with Gasteiger partial charge in [-0.25, -0.2) is 0 Å². The minimum Gasteiger partial charge on any atom is -0.323 e. The van der Waals surface area contributed by atoms with E-state index in [1.165, 1.54) is 36.0 Å². The Morgan fingerprint density at radius 1 is 0.821 bits per heavy atom. The molecule has 0 radical (unpaired) electrons. The van der Waals surface area contributed by atoms with Gasteiger partial charge in [0.15, 0.2) is 0 Å². The smallest absolute Gasteiger partial charge is 0.149 e. The zero-order valence-electron chi connectivity index (χ0n) is 17.5. The van der Waals surface area contributed by atoms with Crippen LogP contribution in [0.15, 0.2) is 71.6 Å². The van der Waals surface area contributed by atoms with Crippen LogP contribution in [0.3, 0.4) is 0 Å². The first-order chi connectivity index (χ1) is 13.7. The van der Waals surface area contributed by atoms with Crippen molar-refractivity contribution < 1.29 is 0 Å². The molecule has 0 bridgehead atoms. The van der Waals surface area contributed by atoms with Gasteiger partial charge in [0.05, 0.1) is 0 Å². The van der Waals surface area contributed by atoms with Crippen molar-refractivity contribution in [1.82, 2.24) is 0 Å². The Morgan fingerprint density at radius 3 is 1.71 bits per heavy atom. The Bertz CT molecular complexity index is 781. The summed E-state index contributed by atoms with van der Waals surface area (Å²) in [6, 6.07) is 21.6. The third-order valence-corrected chi connectivity index (χ3v) is 11.0. The van der Waals surface area contributed by atoms with Crippen LogP contribution >= 0.6 is 6.34 Å². The molecule has 1 heterocycles. The minimum atomic E-state index is -2.08. The summed E-state index contributed by atoms with van der Waals surface area (Å²) in [6.45, 7) is 8.86. The van der Waals surface area contributed by atoms with Crippen LogP contribution in [0.5, 0.6) is 0 Å². The Kier molecular flexibility index (Phi) is 7.37. The first-order valence-electron chi connectivity index (χ1n) is 10.6. The van der Waals surface area contributed by atoms with Crippen LogP contribution in [-0.4, -0.2) is 13.1 Å². The molecular formula is C24H33N2PS. The third kappa shape index (κ3) is 4.07. The molecule has 2 aromatic carbocycles. The quantitative estimate of drug-likeness (QED) is 0.412. The average Bonchev–Trinajstić information content (AvgIpc) is 3.10. The van der Waals surface area contributed by atoms with Crippen LogP contribution in [0.4, 0.5) is 11.4 Å². The number of para-hydroxylation sites is 2. The first kappa shape index (κ1) is 21.1. The highest BCUT2D eigenvalue weighted by molar-refractivity contribution is 8.18. The zero-order valence-corrected chi connectivity index (χ0v) is 19.2. The van der Waals surface area contributed by atoms with Crippen molar-refractivity contribution in [1.29, 1.82) is 0 Å². The van der Waals surface area contributed by atoms with Crippen molar-refractivity contribution in [3.8, 4) is 0 Å². The van der Waals surface area contributed by atoms with Crippen LogP contribution in [0, 0.1) is 0 Å². The van der Waals surface area contributed by atoms with E-state index in [1.54, 1.807) is 5.57 Å². The zero-order chi connectivity index (χ0) is 20.0. The van der Waals surface area contributed by atoms with Gasteiger partial charge in [0, 0.05) is 29.8 Å². The van der Waals surface area contributed by atoms with Crippen molar-refractivity contribution >= 4 is 29.5 Å². The Morgan fingerprint density at radius 2 is 1.32 bits per heavy atom. The highest BCUT2D eigenvalue weighted by Crippen LogP contribution is 2.67. The number of anilines is 2. The summed E-state index contributed by atoms with van der Waals surface area (Å²) in [6.07, 6.45) is 3.72. The average molecular weight is 413 g/mol. The maximum Gasteiger partial charge on any atom is 0.149 e. The lowest BCUT2D eigenvalue weighted by molar-refractivity contribution is 0.759. The van der Waals surface area contributed by atoms with E-state index in [2.05, 4.69) is 90.8 Å². The molecule has 0 atom stereocenters. The van der Waals surface area contributed by atoms with Crippen molar-refractivity contribution in [3.05, 3.63) is 71.6 Å². The predicted molar refractivity (Wildman–Crippen MR) is 129 cm³/mol. The SMILES string of the molecule is CCCC/C(CC)=C(\CC)P1(=S)N(c2ccccc2)CCN1c1ccccc1. The van der Waals surface area contributed by atoms with Crippen LogP contribution in [0.25, 0.3) is 0 Å². The van der Waals surface area contributed by atoms with Gasteiger partial charge in [0.25, 0.3) is 0 Å². The summed E-state index contributed by atoms with van der Waals surface area (Å²) >= 11 is 6.69. The Hall–Kier alpha value is -1.57. The molecule has 0 N–H and O–H groups in total. The van der Waals surface area contributed by atoms with Gasteiger partial charge in [-0.05, 0) is 61.8 Å². The van der Waals surface area contributed by atoms with Gasteiger partial charge in [0.2, 0.25) is 0 Å². The van der Waals surface area contributed by atoms with Gasteiger partial charge in [-0.1, -0.05) is 69.2 Å². The van der Waals surface area contributed by atoms with Crippen molar-refractivity contribution in [2.45, 2.75) is 52.9 Å². The molecule has 1 aliphatic rings. The molecular weight excluding hydrogens is 379 g/mol. The van der Waals surface area contributed by atoms with Gasteiger partial charge in [0.1, 0.15) is 6.34 Å². The van der Waals surface area contributed by atoms with Crippen LogP contribution in [-0.2, 0) is 11.8 Å². The lowest BCUT2D eigenvalue weighted by Gasteiger charge is -2.39. The molecule has 0 amide bonds. The molecule has 0 spiro atoms. The largest absolute Gasteiger partial charge is 0.323 e. The lowest BCUT2D eigenvalue weighted by Crippen LogP contribution is -2.21. The van der Waals surface area contributed by atoms with Gasteiger partial charge in [-0.3, -0.25) is 0 Å². The van der Waals surface area contributed by atoms with Crippen LogP contribution < -0.4 is 9.34 Å². The fraction of sp³-hybridized carbons (Fsp3) is 0.417. The third-order valence-electron chi connectivity index (χ3n) is 5.64. The van der Waals surface area contributed by atoms with Gasteiger partial charge < -0.3 is 9.34 Å². The molecule has 3 rings (SSSR count). The highest BCUT2D eigenvalue weighted by atomic mass is 32.4. The van der Waals surface area contributed by atoms with E-state index in [0.717, 1.165) is 25.9 Å². The molecule has 150 valence electrons. The number of rotatable bonds is 8. The molecule has 2 nitrogen and oxygen atoms in total. The van der Waals surface area contributed by atoms with Crippen LogP contribution in [0.2, 0.25) is 0 Å². The standard InChI is InChI=1S/C24H33N2PS/c1-4-7-14-21(5-2)24(6-3)27(28)25(22-15-10-8-11-16-22)19-20-26(27)23-17-12-9-13-18-23/h8-13,15-18H,4-7,14,19-20H2,1-3H3/b24-21+. The summed E-state index contributed by atoms with van der Waals surface area (Å²) in [7, 11) is 0. The predicted octanol–water partition coefficient (Wildman–Crippen LogP) is 7.59. The highest BCUT2D eigenvalue weighted by Gasteiger charge is 2.42. The summed E-state index contributed by atoms with van der Waals surface area (Å²) in [5, 5.41) is 1.53. The van der Waals surface area contributed by atoms with Gasteiger partial charge in [-0.2, -0.15) is 0 Å². The fourth-order valence-corrected chi connectivity index (χ4v) is 9.61. The molecule has 4 heteroatoms. The normalized spacial score (nSPS) is 17.0. The molecule has 0 aromatic heterocycles. The van der Waals surface area contributed by atoms with Gasteiger partial charge >= 0.3 is 0 Å². The Labute approximate surface area is 176 Å². The van der Waals surface area contributed by atoms with Crippen molar-refractivity contribution in [3.63, 3.8) is 0 Å². The number of nitrogens with zero attached hydrogens (tertiary/aromatic N) is 2. The molecule has 0 aliphatic carbocycles. The van der Waals surface area contributed by atoms with E-state index in [-0.39, 0.29) is 0 Å². The van der Waals surface area contributed by atoms with E-state index in [9.17, 15) is 0 Å². The fourth-order valence-electron chi connectivity index (χ4n) is 4.23. The summed E-state index contributed by atoms with van der Waals surface area (Å²) in [5.74, 6) is 0. The second kappa shape index (κ2) is 9.76. The van der Waals surface area contributed by atoms with E-state index in [4.69, 9.17) is 11.8 Å². The molecule has 0 unspecified atom stereocenters. The molecule has 1 saturated heterocycles. The molecule has 28 heavy (non-hydrogen) atoms. The number of hydrogen-bond donors (Lipinski definition) is 0. The molecule has 1 aliphatic heterocycles. The lowest BCUT2D eigenvalue weighted by atomic mass is 10.1. The summed E-state index contributed by atoms with van der Waals surface area (Å²) in [4.78, 5) is 0. The number of benzene rings is 2. The van der Waals surface area contributed by atoms with E-state index in [0.29, 0.717) is 0 Å². The molecule has 2 aromatic rings. The van der Waals surface area contributed by atoms with E-state index < -0.39 is 6.34 Å².